The molecule has 2 aromatic carbocycles. The number of aromatic nitrogens is 3. The highest BCUT2D eigenvalue weighted by atomic mass is 19.4. The zero-order valence-corrected chi connectivity index (χ0v) is 25.6. The minimum Gasteiger partial charge on any atom is -0.490 e. The first kappa shape index (κ1) is 29.3. The molecule has 0 unspecified atom stereocenters. The number of aryl methyl sites for hydroxylation is 1. The van der Waals surface area contributed by atoms with Crippen molar-refractivity contribution >= 4 is 11.6 Å². The van der Waals surface area contributed by atoms with Crippen LogP contribution in [-0.4, -0.2) is 32.3 Å². The number of hydrogen-bond donors (Lipinski definition) is 1. The van der Waals surface area contributed by atoms with Gasteiger partial charge in [0.2, 0.25) is 0 Å². The molecule has 4 aliphatic rings. The van der Waals surface area contributed by atoms with Crippen LogP contribution in [0.15, 0.2) is 36.7 Å². The summed E-state index contributed by atoms with van der Waals surface area (Å²) in [5.74, 6) is 1.54. The molecule has 2 heterocycles. The van der Waals surface area contributed by atoms with Crippen LogP contribution < -0.4 is 15.0 Å². The van der Waals surface area contributed by atoms with E-state index in [4.69, 9.17) is 4.74 Å². The molecule has 0 saturated heterocycles. The van der Waals surface area contributed by atoms with Crippen molar-refractivity contribution < 1.29 is 22.7 Å². The van der Waals surface area contributed by atoms with Gasteiger partial charge < -0.3 is 19.5 Å². The van der Waals surface area contributed by atoms with E-state index in [1.807, 2.05) is 29.8 Å². The fourth-order valence-electron chi connectivity index (χ4n) is 7.91. The van der Waals surface area contributed by atoms with Gasteiger partial charge in [-0.05, 0) is 112 Å². The van der Waals surface area contributed by atoms with Crippen molar-refractivity contribution in [2.24, 2.45) is 13.0 Å². The largest absolute Gasteiger partial charge is 0.490 e. The first-order valence-corrected chi connectivity index (χ1v) is 15.9. The number of rotatable bonds is 8. The van der Waals surface area contributed by atoms with E-state index in [2.05, 4.69) is 29.4 Å². The zero-order chi connectivity index (χ0) is 30.9. The molecule has 0 bridgehead atoms. The molecule has 3 aliphatic carbocycles. The summed E-state index contributed by atoms with van der Waals surface area (Å²) in [6.07, 6.45) is 6.14. The first-order valence-electron chi connectivity index (χ1n) is 15.9. The molecule has 0 atom stereocenters. The van der Waals surface area contributed by atoms with Crippen LogP contribution in [0.5, 0.6) is 5.75 Å². The summed E-state index contributed by atoms with van der Waals surface area (Å²) in [5.41, 5.74) is 0.915. The van der Waals surface area contributed by atoms with Crippen molar-refractivity contribution in [2.75, 3.05) is 4.90 Å². The molecule has 3 saturated carbocycles. The smallest absolute Gasteiger partial charge is 0.416 e. The van der Waals surface area contributed by atoms with Gasteiger partial charge in [-0.1, -0.05) is 6.92 Å². The first-order chi connectivity index (χ1) is 20.9. The highest BCUT2D eigenvalue weighted by Crippen LogP contribution is 2.53. The van der Waals surface area contributed by atoms with Crippen molar-refractivity contribution in [3.63, 3.8) is 0 Å². The molecule has 234 valence electrons. The summed E-state index contributed by atoms with van der Waals surface area (Å²) >= 11 is 0. The number of amides is 1. The Hall–Kier alpha value is -3.40. The number of carbonyl (C=O) groups excluding carboxylic acids is 1. The average molecular weight is 608 g/mol. The van der Waals surface area contributed by atoms with E-state index < -0.39 is 23.1 Å². The van der Waals surface area contributed by atoms with Crippen LogP contribution in [0.4, 0.5) is 18.9 Å². The van der Waals surface area contributed by atoms with Gasteiger partial charge in [0.1, 0.15) is 17.9 Å². The highest BCUT2D eigenvalue weighted by molar-refractivity contribution is 6.10. The minimum absolute atomic E-state index is 0.0325. The van der Waals surface area contributed by atoms with Gasteiger partial charge in [0, 0.05) is 36.4 Å². The van der Waals surface area contributed by atoms with Crippen molar-refractivity contribution in [3.8, 4) is 5.75 Å². The third-order valence-corrected chi connectivity index (χ3v) is 10.5. The molecule has 1 N–H and O–H groups in total. The molecule has 1 aliphatic heterocycles. The van der Waals surface area contributed by atoms with Gasteiger partial charge in [-0.3, -0.25) is 4.79 Å². The lowest BCUT2D eigenvalue weighted by molar-refractivity contribution is -0.138. The number of halogens is 3. The van der Waals surface area contributed by atoms with Gasteiger partial charge in [0.05, 0.1) is 23.6 Å². The number of fused-ring (bicyclic) bond motifs is 1. The number of carbonyl (C=O) groups is 1. The molecule has 3 aromatic rings. The van der Waals surface area contributed by atoms with Gasteiger partial charge in [0.15, 0.2) is 0 Å². The molecule has 10 heteroatoms. The van der Waals surface area contributed by atoms with E-state index >= 15 is 0 Å². The van der Waals surface area contributed by atoms with Crippen LogP contribution in [-0.2, 0) is 31.7 Å². The number of benzene rings is 2. The van der Waals surface area contributed by atoms with E-state index in [1.54, 1.807) is 12.4 Å². The van der Waals surface area contributed by atoms with Gasteiger partial charge in [-0.2, -0.15) is 13.2 Å². The third kappa shape index (κ3) is 5.08. The molecule has 7 nitrogen and oxygen atoms in total. The van der Waals surface area contributed by atoms with E-state index in [-0.39, 0.29) is 35.9 Å². The van der Waals surface area contributed by atoms with Gasteiger partial charge in [-0.15, -0.1) is 10.2 Å². The second-order valence-corrected chi connectivity index (χ2v) is 13.9. The second kappa shape index (κ2) is 10.6. The van der Waals surface area contributed by atoms with Crippen molar-refractivity contribution in [1.82, 2.24) is 20.1 Å². The van der Waals surface area contributed by atoms with Crippen LogP contribution in [0.1, 0.15) is 110 Å². The lowest BCUT2D eigenvalue weighted by atomic mass is 9.58. The number of nitrogens with one attached hydrogen (secondary N) is 1. The Bertz CT molecular complexity index is 1580. The predicted octanol–water partition coefficient (Wildman–Crippen LogP) is 7.06. The van der Waals surface area contributed by atoms with E-state index in [1.165, 1.54) is 11.0 Å². The summed E-state index contributed by atoms with van der Waals surface area (Å²) < 4.78 is 51.7. The summed E-state index contributed by atoms with van der Waals surface area (Å²) in [7, 11) is 1.93. The Morgan fingerprint density at radius 1 is 1.07 bits per heavy atom. The Kier molecular flexibility index (Phi) is 7.06. The van der Waals surface area contributed by atoms with Gasteiger partial charge in [-0.25, -0.2) is 0 Å². The predicted molar refractivity (Wildman–Crippen MR) is 161 cm³/mol. The Morgan fingerprint density at radius 3 is 2.43 bits per heavy atom. The normalized spacial score (nSPS) is 24.7. The van der Waals surface area contributed by atoms with Gasteiger partial charge in [0.25, 0.3) is 5.91 Å². The van der Waals surface area contributed by atoms with Crippen LogP contribution in [0.25, 0.3) is 0 Å². The topological polar surface area (TPSA) is 72.3 Å². The monoisotopic (exact) mass is 607 g/mol. The Morgan fingerprint density at radius 2 is 1.82 bits per heavy atom. The molecule has 1 amide bonds. The van der Waals surface area contributed by atoms with E-state index in [0.717, 1.165) is 69.2 Å². The molecule has 7 rings (SSSR count). The molecule has 44 heavy (non-hydrogen) atoms. The zero-order valence-electron chi connectivity index (χ0n) is 25.6. The summed E-state index contributed by atoms with van der Waals surface area (Å²) in [4.78, 5) is 15.5. The standard InChI is InChI=1S/C34H40F3N5O2/c1-21-16-33(17-21,31-40-39-20-41(31)3)23-13-24(15-26(14-23)44-25-7-4-5-8-25)42-19-28-27(30(42)43)11-22(12-29(28)34(35,36)37)18-38-32(2)9-6-10-32/h11-15,20-21,25,38H,4-10,16-19H2,1-3H3/t21-,33+. The number of ether oxygens (including phenoxy) is 1. The van der Waals surface area contributed by atoms with E-state index in [0.29, 0.717) is 22.9 Å². The van der Waals surface area contributed by atoms with Crippen LogP contribution in [0, 0.1) is 5.92 Å². The Balaban J connectivity index is 1.28. The summed E-state index contributed by atoms with van der Waals surface area (Å²) in [6.45, 7) is 4.43. The average Bonchev–Trinajstić information content (AvgIpc) is 3.69. The minimum atomic E-state index is -4.58. The third-order valence-electron chi connectivity index (χ3n) is 10.5. The molecule has 0 spiro atoms. The maximum atomic E-state index is 14.4. The molecule has 0 radical (unpaired) electrons. The lowest BCUT2D eigenvalue weighted by Gasteiger charge is -2.46. The maximum Gasteiger partial charge on any atom is 0.416 e. The van der Waals surface area contributed by atoms with E-state index in [9.17, 15) is 18.0 Å². The number of hydrogen-bond acceptors (Lipinski definition) is 5. The van der Waals surface area contributed by atoms with Crippen molar-refractivity contribution in [2.45, 2.75) is 108 Å². The summed E-state index contributed by atoms with van der Waals surface area (Å²) in [5, 5.41) is 12.1. The number of nitrogens with zero attached hydrogens (tertiary/aromatic N) is 4. The number of anilines is 1. The van der Waals surface area contributed by atoms with Crippen LogP contribution >= 0.6 is 0 Å². The molecular weight excluding hydrogens is 567 g/mol. The van der Waals surface area contributed by atoms with Crippen molar-refractivity contribution in [3.05, 3.63) is 70.3 Å². The number of alkyl halides is 3. The van der Waals surface area contributed by atoms with Gasteiger partial charge >= 0.3 is 6.18 Å². The quantitative estimate of drug-likeness (QED) is 0.297. The molecule has 3 fully saturated rings. The lowest BCUT2D eigenvalue weighted by Crippen LogP contribution is -2.47. The second-order valence-electron chi connectivity index (χ2n) is 13.9. The highest BCUT2D eigenvalue weighted by Gasteiger charge is 2.49. The SMILES string of the molecule is Cn1cnnc1[C@]1(c2cc(OC3CCCC3)cc(N3Cc4c(cc(CNC5(C)CCC5)cc4C(F)(F)F)C3=O)c2)C[C@H](C)C1. The fourth-order valence-corrected chi connectivity index (χ4v) is 7.91. The maximum absolute atomic E-state index is 14.4. The van der Waals surface area contributed by atoms with Crippen molar-refractivity contribution in [1.29, 1.82) is 0 Å². The Labute approximate surface area is 256 Å². The van der Waals surface area contributed by atoms with Crippen LogP contribution in [0.3, 0.4) is 0 Å². The fraction of sp³-hybridized carbons (Fsp3) is 0.559. The molecule has 1 aromatic heterocycles. The van der Waals surface area contributed by atoms with Crippen LogP contribution in [0.2, 0.25) is 0 Å². The molecular formula is C34H40F3N5O2. The summed E-state index contributed by atoms with van der Waals surface area (Å²) in [6, 6.07) is 8.69.